The van der Waals surface area contributed by atoms with Gasteiger partial charge >= 0.3 is 0 Å². The van der Waals surface area contributed by atoms with E-state index in [1.54, 1.807) is 25.1 Å². The number of benzene rings is 1. The molecular weight excluding hydrogens is 268 g/mol. The molecule has 16 heavy (non-hydrogen) atoms. The molecule has 0 aliphatic carbocycles. The van der Waals surface area contributed by atoms with E-state index in [4.69, 9.17) is 5.73 Å². The van der Waals surface area contributed by atoms with Crippen LogP contribution in [0.3, 0.4) is 0 Å². The van der Waals surface area contributed by atoms with Crippen molar-refractivity contribution in [1.82, 2.24) is 5.32 Å². The fourth-order valence-corrected chi connectivity index (χ4v) is 1.54. The summed E-state index contributed by atoms with van der Waals surface area (Å²) in [7, 11) is 0. The molecule has 0 spiro atoms. The monoisotopic (exact) mass is 280 g/mol. The second-order valence-electron chi connectivity index (χ2n) is 3.16. The third-order valence-electron chi connectivity index (χ3n) is 1.97. The Bertz CT molecular complexity index is 446. The predicted octanol–water partition coefficient (Wildman–Crippen LogP) is 2.17. The van der Waals surface area contributed by atoms with Crippen LogP contribution in [0, 0.1) is 11.8 Å². The maximum atomic E-state index is 11.7. The molecule has 0 atom stereocenters. The molecule has 1 rings (SSSR count). The van der Waals surface area contributed by atoms with E-state index in [1.165, 1.54) is 0 Å². The molecule has 84 valence electrons. The van der Waals surface area contributed by atoms with E-state index in [0.29, 0.717) is 24.2 Å². The van der Waals surface area contributed by atoms with Gasteiger partial charge in [0.15, 0.2) is 0 Å². The summed E-state index contributed by atoms with van der Waals surface area (Å²) in [6.45, 7) is 2.31. The highest BCUT2D eigenvalue weighted by atomic mass is 79.9. The van der Waals surface area contributed by atoms with Crippen LogP contribution >= 0.6 is 15.9 Å². The number of halogens is 1. The Balaban J connectivity index is 2.64. The molecule has 4 heteroatoms. The summed E-state index contributed by atoms with van der Waals surface area (Å²) in [6.07, 6.45) is 0.649. The molecule has 1 aromatic carbocycles. The van der Waals surface area contributed by atoms with Crippen molar-refractivity contribution in [3.8, 4) is 11.8 Å². The molecule has 1 amide bonds. The summed E-state index contributed by atoms with van der Waals surface area (Å²) >= 11 is 3.30. The number of anilines is 1. The number of hydrogen-bond acceptors (Lipinski definition) is 2. The van der Waals surface area contributed by atoms with Crippen molar-refractivity contribution >= 4 is 27.5 Å². The van der Waals surface area contributed by atoms with Gasteiger partial charge in [-0.05, 0) is 25.1 Å². The predicted molar refractivity (Wildman–Crippen MR) is 69.0 cm³/mol. The standard InChI is InChI=1S/C12H13BrN2O/c1-2-3-4-7-15-12(16)10-8-9(13)5-6-11(10)14/h5-6,8H,4,7,14H2,1H3,(H,15,16). The van der Waals surface area contributed by atoms with Crippen LogP contribution < -0.4 is 11.1 Å². The summed E-state index contributed by atoms with van der Waals surface area (Å²) in [5, 5.41) is 2.76. The molecule has 0 aliphatic heterocycles. The van der Waals surface area contributed by atoms with Crippen LogP contribution in [0.1, 0.15) is 23.7 Å². The number of amides is 1. The number of rotatable bonds is 3. The van der Waals surface area contributed by atoms with Gasteiger partial charge in [0.2, 0.25) is 0 Å². The van der Waals surface area contributed by atoms with Gasteiger partial charge in [-0.25, -0.2) is 0 Å². The highest BCUT2D eigenvalue weighted by molar-refractivity contribution is 9.10. The molecule has 0 heterocycles. The topological polar surface area (TPSA) is 55.1 Å². The van der Waals surface area contributed by atoms with Crippen molar-refractivity contribution in [2.24, 2.45) is 0 Å². The zero-order valence-electron chi connectivity index (χ0n) is 9.01. The van der Waals surface area contributed by atoms with Crippen LogP contribution in [0.15, 0.2) is 22.7 Å². The van der Waals surface area contributed by atoms with E-state index in [9.17, 15) is 4.79 Å². The average molecular weight is 281 g/mol. The minimum atomic E-state index is -0.170. The van der Waals surface area contributed by atoms with Crippen molar-refractivity contribution < 1.29 is 4.79 Å². The summed E-state index contributed by atoms with van der Waals surface area (Å²) in [4.78, 5) is 11.7. The van der Waals surface area contributed by atoms with Gasteiger partial charge in [0.25, 0.3) is 5.91 Å². The smallest absolute Gasteiger partial charge is 0.253 e. The zero-order chi connectivity index (χ0) is 12.0. The fraction of sp³-hybridized carbons (Fsp3) is 0.250. The third kappa shape index (κ3) is 3.59. The number of carbonyl (C=O) groups excluding carboxylic acids is 1. The van der Waals surface area contributed by atoms with Crippen molar-refractivity contribution in [1.29, 1.82) is 0 Å². The van der Waals surface area contributed by atoms with Gasteiger partial charge in [-0.3, -0.25) is 4.79 Å². The Morgan fingerprint density at radius 2 is 2.31 bits per heavy atom. The van der Waals surface area contributed by atoms with Crippen molar-refractivity contribution in [3.05, 3.63) is 28.2 Å². The highest BCUT2D eigenvalue weighted by Gasteiger charge is 2.08. The van der Waals surface area contributed by atoms with Gasteiger partial charge in [-0.2, -0.15) is 0 Å². The van der Waals surface area contributed by atoms with Gasteiger partial charge in [-0.1, -0.05) is 15.9 Å². The number of nitrogens with one attached hydrogen (secondary N) is 1. The summed E-state index contributed by atoms with van der Waals surface area (Å²) in [6, 6.07) is 5.20. The first-order valence-corrected chi connectivity index (χ1v) is 5.67. The lowest BCUT2D eigenvalue weighted by atomic mass is 10.1. The zero-order valence-corrected chi connectivity index (χ0v) is 10.6. The van der Waals surface area contributed by atoms with Gasteiger partial charge in [0, 0.05) is 23.1 Å². The van der Waals surface area contributed by atoms with Crippen LogP contribution in [0.5, 0.6) is 0 Å². The number of hydrogen-bond donors (Lipinski definition) is 2. The molecule has 0 aliphatic rings. The molecule has 0 saturated carbocycles. The Morgan fingerprint density at radius 1 is 1.56 bits per heavy atom. The van der Waals surface area contributed by atoms with Crippen LogP contribution in [0.4, 0.5) is 5.69 Å². The van der Waals surface area contributed by atoms with Gasteiger partial charge < -0.3 is 11.1 Å². The quantitative estimate of drug-likeness (QED) is 0.507. The molecule has 1 aromatic rings. The van der Waals surface area contributed by atoms with E-state index < -0.39 is 0 Å². The molecule has 0 fully saturated rings. The van der Waals surface area contributed by atoms with E-state index in [1.807, 2.05) is 0 Å². The third-order valence-corrected chi connectivity index (χ3v) is 2.47. The minimum absolute atomic E-state index is 0.170. The van der Waals surface area contributed by atoms with Gasteiger partial charge in [-0.15, -0.1) is 11.8 Å². The number of carbonyl (C=O) groups is 1. The molecule has 0 aromatic heterocycles. The van der Waals surface area contributed by atoms with Gasteiger partial charge in [0.05, 0.1) is 5.56 Å². The molecular formula is C12H13BrN2O. The van der Waals surface area contributed by atoms with Crippen LogP contribution in [-0.2, 0) is 0 Å². The first-order chi connectivity index (χ1) is 7.65. The second-order valence-corrected chi connectivity index (χ2v) is 4.08. The van der Waals surface area contributed by atoms with E-state index >= 15 is 0 Å². The van der Waals surface area contributed by atoms with Crippen LogP contribution in [0.2, 0.25) is 0 Å². The van der Waals surface area contributed by atoms with Crippen molar-refractivity contribution in [2.45, 2.75) is 13.3 Å². The molecule has 3 nitrogen and oxygen atoms in total. The number of nitrogen functional groups attached to an aromatic ring is 1. The summed E-state index contributed by atoms with van der Waals surface area (Å²) < 4.78 is 0.834. The summed E-state index contributed by atoms with van der Waals surface area (Å²) in [5.74, 6) is 5.47. The maximum absolute atomic E-state index is 11.7. The van der Waals surface area contributed by atoms with Crippen molar-refractivity contribution in [2.75, 3.05) is 12.3 Å². The molecule has 0 bridgehead atoms. The van der Waals surface area contributed by atoms with Gasteiger partial charge in [0.1, 0.15) is 0 Å². The first-order valence-electron chi connectivity index (χ1n) is 4.88. The lowest BCUT2D eigenvalue weighted by Crippen LogP contribution is -2.25. The molecule has 0 unspecified atom stereocenters. The lowest BCUT2D eigenvalue weighted by molar-refractivity contribution is 0.0955. The molecule has 3 N–H and O–H groups in total. The Kier molecular flexibility index (Phi) is 4.87. The Hall–Kier alpha value is -1.47. The van der Waals surface area contributed by atoms with Crippen LogP contribution in [-0.4, -0.2) is 12.5 Å². The summed E-state index contributed by atoms with van der Waals surface area (Å²) in [5.41, 5.74) is 6.67. The van der Waals surface area contributed by atoms with E-state index in [0.717, 1.165) is 4.47 Å². The van der Waals surface area contributed by atoms with E-state index in [2.05, 4.69) is 33.1 Å². The maximum Gasteiger partial charge on any atom is 0.253 e. The largest absolute Gasteiger partial charge is 0.398 e. The normalized spacial score (nSPS) is 9.12. The molecule has 0 radical (unpaired) electrons. The Labute approximate surface area is 104 Å². The number of nitrogens with two attached hydrogens (primary N) is 1. The van der Waals surface area contributed by atoms with Crippen LogP contribution in [0.25, 0.3) is 0 Å². The molecule has 0 saturated heterocycles. The van der Waals surface area contributed by atoms with Crippen molar-refractivity contribution in [3.63, 3.8) is 0 Å². The fourth-order valence-electron chi connectivity index (χ4n) is 1.18. The minimum Gasteiger partial charge on any atom is -0.398 e. The first kappa shape index (κ1) is 12.6. The highest BCUT2D eigenvalue weighted by Crippen LogP contribution is 2.18. The Morgan fingerprint density at radius 3 is 3.00 bits per heavy atom. The SMILES string of the molecule is CC#CCCNC(=O)c1cc(Br)ccc1N. The lowest BCUT2D eigenvalue weighted by Gasteiger charge is -2.06. The second kappa shape index (κ2) is 6.19. The average Bonchev–Trinajstić information content (AvgIpc) is 2.27. The van der Waals surface area contributed by atoms with E-state index in [-0.39, 0.29) is 5.91 Å².